The van der Waals surface area contributed by atoms with E-state index in [2.05, 4.69) is 4.99 Å². The molecule has 0 aromatic rings. The van der Waals surface area contributed by atoms with Crippen LogP contribution in [0.2, 0.25) is 0 Å². The molecule has 0 saturated heterocycles. The number of esters is 1. The molecule has 0 N–H and O–H groups in total. The molecule has 0 heterocycles. The van der Waals surface area contributed by atoms with Crippen molar-refractivity contribution < 1.29 is 9.53 Å². The fourth-order valence-corrected chi connectivity index (χ4v) is 2.18. The van der Waals surface area contributed by atoms with Crippen molar-refractivity contribution in [2.45, 2.75) is 58.5 Å². The normalized spacial score (nSPS) is 18.2. The fraction of sp³-hybridized carbons (Fsp3) is 0.846. The molecule has 0 aromatic heterocycles. The van der Waals surface area contributed by atoms with E-state index >= 15 is 0 Å². The lowest BCUT2D eigenvalue weighted by molar-refractivity contribution is -0.152. The van der Waals surface area contributed by atoms with Crippen molar-refractivity contribution in [2.24, 2.45) is 10.9 Å². The summed E-state index contributed by atoms with van der Waals surface area (Å²) in [5.41, 5.74) is -0.474. The molecule has 1 aliphatic rings. The summed E-state index contributed by atoms with van der Waals surface area (Å²) < 4.78 is 5.16. The maximum absolute atomic E-state index is 10.8. The minimum atomic E-state index is -0.474. The Bertz CT molecular complexity index is 253. The predicted molar refractivity (Wildman–Crippen MR) is 65.8 cm³/mol. The molecule has 1 rings (SSSR count). The van der Waals surface area contributed by atoms with Gasteiger partial charge in [-0.3, -0.25) is 9.79 Å². The summed E-state index contributed by atoms with van der Waals surface area (Å²) >= 11 is 0. The highest BCUT2D eigenvalue weighted by atomic mass is 16.6. The SMILES string of the molecule is CC(=O)OC(C)(C)C/N=C/CC1CCCC1. The monoisotopic (exact) mass is 225 g/mol. The smallest absolute Gasteiger partial charge is 0.303 e. The van der Waals surface area contributed by atoms with E-state index in [1.165, 1.54) is 32.6 Å². The van der Waals surface area contributed by atoms with Gasteiger partial charge in [0.15, 0.2) is 0 Å². The van der Waals surface area contributed by atoms with Crippen LogP contribution in [0.3, 0.4) is 0 Å². The molecule has 1 aliphatic carbocycles. The van der Waals surface area contributed by atoms with E-state index in [9.17, 15) is 4.79 Å². The van der Waals surface area contributed by atoms with Crippen LogP contribution in [0, 0.1) is 5.92 Å². The molecule has 0 aliphatic heterocycles. The zero-order valence-electron chi connectivity index (χ0n) is 10.7. The van der Waals surface area contributed by atoms with Gasteiger partial charge in [0.2, 0.25) is 0 Å². The van der Waals surface area contributed by atoms with Crippen molar-refractivity contribution in [2.75, 3.05) is 6.54 Å². The molecule has 3 nitrogen and oxygen atoms in total. The zero-order valence-corrected chi connectivity index (χ0v) is 10.7. The van der Waals surface area contributed by atoms with Crippen molar-refractivity contribution in [1.82, 2.24) is 0 Å². The summed E-state index contributed by atoms with van der Waals surface area (Å²) in [7, 11) is 0. The van der Waals surface area contributed by atoms with Gasteiger partial charge in [-0.2, -0.15) is 0 Å². The largest absolute Gasteiger partial charge is 0.458 e. The molecule has 3 heteroatoms. The van der Waals surface area contributed by atoms with Crippen molar-refractivity contribution in [3.05, 3.63) is 0 Å². The first-order valence-corrected chi connectivity index (χ1v) is 6.17. The number of ether oxygens (including phenoxy) is 1. The minimum absolute atomic E-state index is 0.240. The lowest BCUT2D eigenvalue weighted by Gasteiger charge is -2.21. The van der Waals surface area contributed by atoms with Gasteiger partial charge < -0.3 is 4.74 Å². The lowest BCUT2D eigenvalue weighted by Crippen LogP contribution is -2.30. The third-order valence-corrected chi connectivity index (χ3v) is 2.93. The third kappa shape index (κ3) is 5.29. The van der Waals surface area contributed by atoms with E-state index in [0.717, 1.165) is 12.3 Å². The Balaban J connectivity index is 2.21. The van der Waals surface area contributed by atoms with Gasteiger partial charge in [0.1, 0.15) is 5.60 Å². The number of rotatable bonds is 5. The van der Waals surface area contributed by atoms with Gasteiger partial charge in [-0.05, 0) is 32.4 Å². The van der Waals surface area contributed by atoms with Crippen LogP contribution in [-0.2, 0) is 9.53 Å². The van der Waals surface area contributed by atoms with Crippen molar-refractivity contribution >= 4 is 12.2 Å². The number of hydrogen-bond acceptors (Lipinski definition) is 3. The summed E-state index contributed by atoms with van der Waals surface area (Å²) in [6, 6.07) is 0. The number of hydrogen-bond donors (Lipinski definition) is 0. The second-order valence-electron chi connectivity index (χ2n) is 5.26. The first-order valence-electron chi connectivity index (χ1n) is 6.17. The van der Waals surface area contributed by atoms with Crippen LogP contribution in [0.15, 0.2) is 4.99 Å². The Morgan fingerprint density at radius 3 is 2.62 bits per heavy atom. The third-order valence-electron chi connectivity index (χ3n) is 2.93. The summed E-state index contributed by atoms with van der Waals surface area (Å²) in [5.74, 6) is 0.594. The molecular weight excluding hydrogens is 202 g/mol. The highest BCUT2D eigenvalue weighted by Gasteiger charge is 2.20. The predicted octanol–water partition coefficient (Wildman–Crippen LogP) is 2.98. The Morgan fingerprint density at radius 1 is 1.44 bits per heavy atom. The van der Waals surface area contributed by atoms with E-state index in [1.807, 2.05) is 20.1 Å². The Morgan fingerprint density at radius 2 is 2.06 bits per heavy atom. The van der Waals surface area contributed by atoms with Crippen LogP contribution in [0.25, 0.3) is 0 Å². The Hall–Kier alpha value is -0.860. The molecule has 0 amide bonds. The van der Waals surface area contributed by atoms with Gasteiger partial charge in [-0.1, -0.05) is 25.7 Å². The molecule has 1 fully saturated rings. The molecule has 0 aromatic carbocycles. The molecular formula is C13H23NO2. The molecule has 1 saturated carbocycles. The first-order chi connectivity index (χ1) is 7.49. The number of nitrogens with zero attached hydrogens (tertiary/aromatic N) is 1. The van der Waals surface area contributed by atoms with Crippen LogP contribution in [0.5, 0.6) is 0 Å². The van der Waals surface area contributed by atoms with Crippen LogP contribution in [0.1, 0.15) is 52.9 Å². The second-order valence-corrected chi connectivity index (χ2v) is 5.26. The van der Waals surface area contributed by atoms with E-state index in [1.54, 1.807) is 0 Å². The molecule has 0 spiro atoms. The van der Waals surface area contributed by atoms with E-state index in [0.29, 0.717) is 6.54 Å². The van der Waals surface area contributed by atoms with E-state index in [4.69, 9.17) is 4.74 Å². The van der Waals surface area contributed by atoms with Crippen LogP contribution < -0.4 is 0 Å². The topological polar surface area (TPSA) is 38.7 Å². The second kappa shape index (κ2) is 6.02. The highest BCUT2D eigenvalue weighted by Crippen LogP contribution is 2.26. The van der Waals surface area contributed by atoms with Crippen molar-refractivity contribution in [3.63, 3.8) is 0 Å². The first kappa shape index (κ1) is 13.2. The van der Waals surface area contributed by atoms with Gasteiger partial charge in [-0.25, -0.2) is 0 Å². The van der Waals surface area contributed by atoms with E-state index < -0.39 is 5.60 Å². The maximum Gasteiger partial charge on any atom is 0.303 e. The van der Waals surface area contributed by atoms with Crippen molar-refractivity contribution in [1.29, 1.82) is 0 Å². The fourth-order valence-electron chi connectivity index (χ4n) is 2.18. The standard InChI is InChI=1S/C13H23NO2/c1-11(15)16-13(2,3)10-14-9-8-12-6-4-5-7-12/h9,12H,4-8,10H2,1-3H3/b14-9+. The van der Waals surface area contributed by atoms with Gasteiger partial charge in [0.25, 0.3) is 0 Å². The average molecular weight is 225 g/mol. The lowest BCUT2D eigenvalue weighted by atomic mass is 10.1. The van der Waals surface area contributed by atoms with E-state index in [-0.39, 0.29) is 5.97 Å². The van der Waals surface area contributed by atoms with Gasteiger partial charge in [-0.15, -0.1) is 0 Å². The summed E-state index contributed by atoms with van der Waals surface area (Å²) in [6.07, 6.45) is 8.52. The quantitative estimate of drug-likeness (QED) is 0.533. The Kier molecular flexibility index (Phi) is 4.97. The maximum atomic E-state index is 10.8. The summed E-state index contributed by atoms with van der Waals surface area (Å²) in [6.45, 7) is 5.77. The molecule has 0 radical (unpaired) electrons. The number of carbonyl (C=O) groups excluding carboxylic acids is 1. The van der Waals surface area contributed by atoms with Crippen LogP contribution in [0.4, 0.5) is 0 Å². The zero-order chi connectivity index (χ0) is 12.0. The summed E-state index contributed by atoms with van der Waals surface area (Å²) in [5, 5.41) is 0. The molecule has 92 valence electrons. The van der Waals surface area contributed by atoms with Gasteiger partial charge >= 0.3 is 5.97 Å². The molecule has 16 heavy (non-hydrogen) atoms. The van der Waals surface area contributed by atoms with Gasteiger partial charge in [0.05, 0.1) is 6.54 Å². The minimum Gasteiger partial charge on any atom is -0.458 e. The summed E-state index contributed by atoms with van der Waals surface area (Å²) in [4.78, 5) is 15.2. The van der Waals surface area contributed by atoms with Crippen LogP contribution in [-0.4, -0.2) is 24.3 Å². The molecule has 0 bridgehead atoms. The van der Waals surface area contributed by atoms with Crippen LogP contribution >= 0.6 is 0 Å². The average Bonchev–Trinajstić information content (AvgIpc) is 2.62. The number of carbonyl (C=O) groups is 1. The van der Waals surface area contributed by atoms with Gasteiger partial charge in [0, 0.05) is 6.92 Å². The Labute approximate surface area is 98.3 Å². The van der Waals surface area contributed by atoms with Crippen molar-refractivity contribution in [3.8, 4) is 0 Å². The molecule has 0 unspecified atom stereocenters. The highest BCUT2D eigenvalue weighted by molar-refractivity contribution is 5.66. The number of aliphatic imine (C=N–C) groups is 1. The molecule has 0 atom stereocenters.